The van der Waals surface area contributed by atoms with E-state index in [9.17, 15) is 5.11 Å². The van der Waals surface area contributed by atoms with Gasteiger partial charge in [-0.2, -0.15) is 0 Å². The maximum absolute atomic E-state index is 11.1. The van der Waals surface area contributed by atoms with Crippen LogP contribution in [-0.4, -0.2) is 28.2 Å². The molecule has 0 amide bonds. The van der Waals surface area contributed by atoms with Crippen molar-refractivity contribution in [3.8, 4) is 0 Å². The summed E-state index contributed by atoms with van der Waals surface area (Å²) < 4.78 is 0. The Bertz CT molecular complexity index is 920. The molecule has 3 aromatic rings. The van der Waals surface area contributed by atoms with Crippen LogP contribution in [0.1, 0.15) is 24.1 Å². The van der Waals surface area contributed by atoms with Crippen molar-refractivity contribution in [1.82, 2.24) is 9.97 Å². The van der Waals surface area contributed by atoms with Gasteiger partial charge in [-0.1, -0.05) is 41.9 Å². The Morgan fingerprint density at radius 2 is 1.56 bits per heavy atom. The molecule has 0 atom stereocenters. The molecule has 1 aliphatic rings. The molecule has 4 nitrogen and oxygen atoms in total. The van der Waals surface area contributed by atoms with E-state index >= 15 is 0 Å². The smallest absolute Gasteiger partial charge is 0.150 e. The molecular weight excluding hydrogens is 334 g/mol. The highest BCUT2D eigenvalue weighted by atomic mass is 35.5. The monoisotopic (exact) mass is 353 g/mol. The van der Waals surface area contributed by atoms with Crippen LogP contribution in [0.25, 0.3) is 11.0 Å². The second-order valence-corrected chi connectivity index (χ2v) is 7.03. The summed E-state index contributed by atoms with van der Waals surface area (Å²) >= 11 is 6.30. The number of hydrogen-bond donors (Lipinski definition) is 1. The summed E-state index contributed by atoms with van der Waals surface area (Å²) in [6.45, 7) is 3.43. The molecule has 2 aromatic carbocycles. The van der Waals surface area contributed by atoms with Gasteiger partial charge >= 0.3 is 0 Å². The first-order valence-electron chi connectivity index (χ1n) is 8.52. The lowest BCUT2D eigenvalue weighted by atomic mass is 9.84. The molecule has 1 fully saturated rings. The Hall–Kier alpha value is -2.17. The van der Waals surface area contributed by atoms with Gasteiger partial charge in [-0.25, -0.2) is 9.97 Å². The number of aromatic nitrogens is 2. The molecule has 0 unspecified atom stereocenters. The number of hydrogen-bond acceptors (Lipinski definition) is 4. The first kappa shape index (κ1) is 16.3. The van der Waals surface area contributed by atoms with Crippen molar-refractivity contribution < 1.29 is 5.11 Å². The molecule has 1 aromatic heterocycles. The van der Waals surface area contributed by atoms with Gasteiger partial charge in [0, 0.05) is 23.7 Å². The lowest BCUT2D eigenvalue weighted by Crippen LogP contribution is -2.43. The summed E-state index contributed by atoms with van der Waals surface area (Å²) in [6.07, 6.45) is 1.23. The van der Waals surface area contributed by atoms with Crippen molar-refractivity contribution in [2.75, 3.05) is 18.0 Å². The summed E-state index contributed by atoms with van der Waals surface area (Å²) in [7, 11) is 0. The zero-order valence-electron chi connectivity index (χ0n) is 14.1. The fraction of sp³-hybridized carbons (Fsp3) is 0.300. The third kappa shape index (κ3) is 2.96. The molecular formula is C20H20ClN3O. The van der Waals surface area contributed by atoms with Crippen LogP contribution in [0.3, 0.4) is 0 Å². The zero-order chi connectivity index (χ0) is 17.4. The van der Waals surface area contributed by atoms with E-state index in [2.05, 4.69) is 9.88 Å². The number of anilines is 1. The summed E-state index contributed by atoms with van der Waals surface area (Å²) in [4.78, 5) is 11.7. The van der Waals surface area contributed by atoms with Gasteiger partial charge in [0.05, 0.1) is 22.3 Å². The van der Waals surface area contributed by atoms with Crippen LogP contribution in [0.2, 0.25) is 5.02 Å². The lowest BCUT2D eigenvalue weighted by molar-refractivity contribution is 0.0117. The highest BCUT2D eigenvalue weighted by Gasteiger charge is 2.36. The van der Waals surface area contributed by atoms with E-state index in [1.807, 2.05) is 55.5 Å². The maximum Gasteiger partial charge on any atom is 0.150 e. The Kier molecular flexibility index (Phi) is 4.10. The zero-order valence-corrected chi connectivity index (χ0v) is 14.9. The lowest BCUT2D eigenvalue weighted by Gasteiger charge is -2.39. The van der Waals surface area contributed by atoms with Gasteiger partial charge < -0.3 is 10.0 Å². The minimum Gasteiger partial charge on any atom is -0.385 e. The van der Waals surface area contributed by atoms with Gasteiger partial charge in [0.2, 0.25) is 0 Å². The molecule has 0 aliphatic carbocycles. The van der Waals surface area contributed by atoms with Gasteiger partial charge in [-0.15, -0.1) is 0 Å². The molecule has 0 saturated carbocycles. The molecule has 1 N–H and O–H groups in total. The fourth-order valence-corrected chi connectivity index (χ4v) is 3.89. The molecule has 25 heavy (non-hydrogen) atoms. The molecule has 5 heteroatoms. The van der Waals surface area contributed by atoms with Crippen LogP contribution in [0.4, 0.5) is 5.82 Å². The second kappa shape index (κ2) is 6.28. The SMILES string of the molecule is Cc1nc2ccccc2nc1N1CCC(O)(c2ccccc2Cl)CC1. The third-order valence-electron chi connectivity index (χ3n) is 4.99. The van der Waals surface area contributed by atoms with Gasteiger partial charge in [-0.05, 0) is 38.0 Å². The Morgan fingerprint density at radius 3 is 2.24 bits per heavy atom. The van der Waals surface area contributed by atoms with Crippen molar-refractivity contribution in [2.45, 2.75) is 25.4 Å². The Balaban J connectivity index is 1.60. The fourth-order valence-electron chi connectivity index (χ4n) is 3.57. The number of benzene rings is 2. The summed E-state index contributed by atoms with van der Waals surface area (Å²) in [5, 5.41) is 11.7. The second-order valence-electron chi connectivity index (χ2n) is 6.62. The molecule has 1 aliphatic heterocycles. The summed E-state index contributed by atoms with van der Waals surface area (Å²) in [5.41, 5.74) is 2.66. The minimum atomic E-state index is -0.882. The largest absolute Gasteiger partial charge is 0.385 e. The highest BCUT2D eigenvalue weighted by Crippen LogP contribution is 2.38. The average Bonchev–Trinajstić information content (AvgIpc) is 2.62. The van der Waals surface area contributed by atoms with Gasteiger partial charge in [-0.3, -0.25) is 0 Å². The van der Waals surface area contributed by atoms with Crippen LogP contribution in [-0.2, 0) is 5.60 Å². The van der Waals surface area contributed by atoms with E-state index in [0.29, 0.717) is 17.9 Å². The predicted molar refractivity (Wildman–Crippen MR) is 101 cm³/mol. The van der Waals surface area contributed by atoms with Crippen molar-refractivity contribution in [3.63, 3.8) is 0 Å². The molecule has 4 rings (SSSR count). The Morgan fingerprint density at radius 1 is 0.960 bits per heavy atom. The number of halogens is 1. The van der Waals surface area contributed by atoms with E-state index in [4.69, 9.17) is 16.6 Å². The molecule has 0 bridgehead atoms. The van der Waals surface area contributed by atoms with Gasteiger partial charge in [0.15, 0.2) is 5.82 Å². The highest BCUT2D eigenvalue weighted by molar-refractivity contribution is 6.31. The number of fused-ring (bicyclic) bond motifs is 1. The number of aliphatic hydroxyl groups is 1. The van der Waals surface area contributed by atoms with E-state index < -0.39 is 5.60 Å². The standard InChI is InChI=1S/C20H20ClN3O/c1-14-19(23-18-9-5-4-8-17(18)22-14)24-12-10-20(25,11-13-24)15-6-2-3-7-16(15)21/h2-9,25H,10-13H2,1H3. The molecule has 2 heterocycles. The number of aryl methyl sites for hydroxylation is 1. The molecule has 0 spiro atoms. The quantitative estimate of drug-likeness (QED) is 0.754. The van der Waals surface area contributed by atoms with Crippen molar-refractivity contribution in [3.05, 3.63) is 64.8 Å². The average molecular weight is 354 g/mol. The number of nitrogens with zero attached hydrogens (tertiary/aromatic N) is 3. The van der Waals surface area contributed by atoms with Gasteiger partial charge in [0.25, 0.3) is 0 Å². The van der Waals surface area contributed by atoms with Crippen LogP contribution in [0.5, 0.6) is 0 Å². The van der Waals surface area contributed by atoms with E-state index in [-0.39, 0.29) is 0 Å². The normalized spacial score (nSPS) is 17.0. The van der Waals surface area contributed by atoms with Crippen LogP contribution in [0.15, 0.2) is 48.5 Å². The maximum atomic E-state index is 11.1. The first-order valence-corrected chi connectivity index (χ1v) is 8.90. The van der Waals surface area contributed by atoms with Crippen LogP contribution in [0, 0.1) is 6.92 Å². The van der Waals surface area contributed by atoms with E-state index in [0.717, 1.165) is 41.2 Å². The van der Waals surface area contributed by atoms with Crippen molar-refractivity contribution >= 4 is 28.5 Å². The number of piperidine rings is 1. The molecule has 1 saturated heterocycles. The predicted octanol–water partition coefficient (Wildman–Crippen LogP) is 4.08. The number of para-hydroxylation sites is 2. The topological polar surface area (TPSA) is 49.2 Å². The third-order valence-corrected chi connectivity index (χ3v) is 5.31. The minimum absolute atomic E-state index is 0.616. The van der Waals surface area contributed by atoms with E-state index in [1.165, 1.54) is 0 Å². The van der Waals surface area contributed by atoms with Crippen molar-refractivity contribution in [1.29, 1.82) is 0 Å². The molecule has 128 valence electrons. The number of rotatable bonds is 2. The van der Waals surface area contributed by atoms with E-state index in [1.54, 1.807) is 0 Å². The van der Waals surface area contributed by atoms with Crippen molar-refractivity contribution in [2.24, 2.45) is 0 Å². The van der Waals surface area contributed by atoms with Gasteiger partial charge in [0.1, 0.15) is 0 Å². The summed E-state index contributed by atoms with van der Waals surface area (Å²) in [6, 6.07) is 15.5. The van der Waals surface area contributed by atoms with Crippen LogP contribution < -0.4 is 4.90 Å². The first-order chi connectivity index (χ1) is 12.1. The Labute approximate surface area is 152 Å². The molecule has 0 radical (unpaired) electrons. The summed E-state index contributed by atoms with van der Waals surface area (Å²) in [5.74, 6) is 0.903. The van der Waals surface area contributed by atoms with Crippen LogP contribution >= 0.6 is 11.6 Å².